The molecule has 2 fully saturated rings. The van der Waals surface area contributed by atoms with E-state index in [0.717, 1.165) is 24.3 Å². The number of amidine groups is 1. The van der Waals surface area contributed by atoms with Crippen LogP contribution in [0.5, 0.6) is 0 Å². The molecule has 4 rings (SSSR count). The summed E-state index contributed by atoms with van der Waals surface area (Å²) in [4.78, 5) is 22.5. The predicted molar refractivity (Wildman–Crippen MR) is 121 cm³/mol. The SMILES string of the molecule is COCCN1C(=O)C(=Cc2ccc(N3CCCC3)cc2)SC1=Nc1ccccc1. The fraction of sp³-hybridized carbons (Fsp3) is 0.304. The first-order valence-corrected chi connectivity index (χ1v) is 10.8. The van der Waals surface area contributed by atoms with Crippen LogP contribution in [0.3, 0.4) is 0 Å². The number of para-hydroxylation sites is 1. The van der Waals surface area contributed by atoms with E-state index in [1.54, 1.807) is 12.0 Å². The summed E-state index contributed by atoms with van der Waals surface area (Å²) in [6.07, 6.45) is 4.48. The van der Waals surface area contributed by atoms with E-state index in [1.807, 2.05) is 36.4 Å². The van der Waals surface area contributed by atoms with Crippen LogP contribution in [0.2, 0.25) is 0 Å². The summed E-state index contributed by atoms with van der Waals surface area (Å²) < 4.78 is 5.18. The Kier molecular flexibility index (Phi) is 6.32. The van der Waals surface area contributed by atoms with Gasteiger partial charge >= 0.3 is 0 Å². The molecule has 0 aromatic heterocycles. The molecule has 1 amide bonds. The van der Waals surface area contributed by atoms with Gasteiger partial charge in [0.1, 0.15) is 0 Å². The zero-order valence-corrected chi connectivity index (χ0v) is 17.4. The molecular formula is C23H25N3O2S. The fourth-order valence-electron chi connectivity index (χ4n) is 3.49. The second kappa shape index (κ2) is 9.29. The van der Waals surface area contributed by atoms with Crippen molar-refractivity contribution in [1.82, 2.24) is 4.90 Å². The monoisotopic (exact) mass is 407 g/mol. The molecule has 2 saturated heterocycles. The van der Waals surface area contributed by atoms with E-state index in [0.29, 0.717) is 23.2 Å². The lowest BCUT2D eigenvalue weighted by molar-refractivity contribution is -0.122. The molecule has 2 aliphatic rings. The Balaban J connectivity index is 1.56. The smallest absolute Gasteiger partial charge is 0.266 e. The molecule has 0 bridgehead atoms. The average Bonchev–Trinajstić information content (AvgIpc) is 3.38. The number of methoxy groups -OCH3 is 1. The molecule has 6 heteroatoms. The summed E-state index contributed by atoms with van der Waals surface area (Å²) in [5, 5.41) is 0.693. The van der Waals surface area contributed by atoms with Crippen LogP contribution in [-0.4, -0.2) is 49.3 Å². The molecule has 5 nitrogen and oxygen atoms in total. The predicted octanol–water partition coefficient (Wildman–Crippen LogP) is 4.54. The van der Waals surface area contributed by atoms with Crippen molar-refractivity contribution in [2.45, 2.75) is 12.8 Å². The maximum Gasteiger partial charge on any atom is 0.266 e. The fourth-order valence-corrected chi connectivity index (χ4v) is 4.52. The Morgan fingerprint density at radius 3 is 2.48 bits per heavy atom. The van der Waals surface area contributed by atoms with Crippen LogP contribution in [0, 0.1) is 0 Å². The van der Waals surface area contributed by atoms with E-state index in [9.17, 15) is 4.79 Å². The van der Waals surface area contributed by atoms with Crippen LogP contribution in [0.25, 0.3) is 6.08 Å². The minimum atomic E-state index is -0.0228. The second-order valence-electron chi connectivity index (χ2n) is 7.08. The number of rotatable bonds is 6. The van der Waals surface area contributed by atoms with Crippen LogP contribution in [0.1, 0.15) is 18.4 Å². The number of hydrogen-bond donors (Lipinski definition) is 0. The highest BCUT2D eigenvalue weighted by Gasteiger charge is 2.33. The molecule has 0 radical (unpaired) electrons. The minimum Gasteiger partial charge on any atom is -0.383 e. The van der Waals surface area contributed by atoms with Crippen molar-refractivity contribution in [2.24, 2.45) is 4.99 Å². The molecule has 2 aromatic carbocycles. The zero-order valence-electron chi connectivity index (χ0n) is 16.6. The molecule has 0 saturated carbocycles. The zero-order chi connectivity index (χ0) is 20.1. The van der Waals surface area contributed by atoms with Gasteiger partial charge in [-0.2, -0.15) is 0 Å². The van der Waals surface area contributed by atoms with Crippen molar-refractivity contribution in [1.29, 1.82) is 0 Å². The normalized spacial score (nSPS) is 19.7. The number of carbonyl (C=O) groups excluding carboxylic acids is 1. The van der Waals surface area contributed by atoms with Gasteiger partial charge in [-0.25, -0.2) is 4.99 Å². The summed E-state index contributed by atoms with van der Waals surface area (Å²) in [5.74, 6) is -0.0228. The number of ether oxygens (including phenoxy) is 1. The summed E-state index contributed by atoms with van der Waals surface area (Å²) in [6, 6.07) is 18.2. The highest BCUT2D eigenvalue weighted by atomic mass is 32.2. The topological polar surface area (TPSA) is 45.1 Å². The molecule has 0 spiro atoms. The third kappa shape index (κ3) is 4.71. The Labute approximate surface area is 176 Å². The molecule has 2 aromatic rings. The third-order valence-corrected chi connectivity index (χ3v) is 6.06. The van der Waals surface area contributed by atoms with E-state index < -0.39 is 0 Å². The van der Waals surface area contributed by atoms with Gasteiger partial charge in [-0.05, 0) is 60.5 Å². The Morgan fingerprint density at radius 2 is 1.79 bits per heavy atom. The van der Waals surface area contributed by atoms with Crippen molar-refractivity contribution in [3.63, 3.8) is 0 Å². The Morgan fingerprint density at radius 1 is 1.07 bits per heavy atom. The Bertz CT molecular complexity index is 903. The van der Waals surface area contributed by atoms with E-state index in [-0.39, 0.29) is 5.91 Å². The van der Waals surface area contributed by atoms with Gasteiger partial charge in [0.05, 0.1) is 23.7 Å². The maximum atomic E-state index is 13.0. The molecule has 2 aliphatic heterocycles. The molecule has 29 heavy (non-hydrogen) atoms. The van der Waals surface area contributed by atoms with Crippen LogP contribution >= 0.6 is 11.8 Å². The van der Waals surface area contributed by atoms with E-state index in [4.69, 9.17) is 4.74 Å². The number of nitrogens with zero attached hydrogens (tertiary/aromatic N) is 3. The highest BCUT2D eigenvalue weighted by molar-refractivity contribution is 8.18. The largest absolute Gasteiger partial charge is 0.383 e. The van der Waals surface area contributed by atoms with E-state index in [2.05, 4.69) is 34.2 Å². The van der Waals surface area contributed by atoms with Crippen molar-refractivity contribution in [3.8, 4) is 0 Å². The van der Waals surface area contributed by atoms with Gasteiger partial charge in [-0.1, -0.05) is 30.3 Å². The summed E-state index contributed by atoms with van der Waals surface area (Å²) in [5.41, 5.74) is 3.11. The van der Waals surface area contributed by atoms with Gasteiger partial charge in [0, 0.05) is 25.9 Å². The molecule has 0 unspecified atom stereocenters. The molecule has 2 heterocycles. The first kappa shape index (κ1) is 19.7. The van der Waals surface area contributed by atoms with Gasteiger partial charge < -0.3 is 9.64 Å². The number of hydrogen-bond acceptors (Lipinski definition) is 5. The molecule has 0 atom stereocenters. The van der Waals surface area contributed by atoms with Crippen LogP contribution in [-0.2, 0) is 9.53 Å². The minimum absolute atomic E-state index is 0.0228. The summed E-state index contributed by atoms with van der Waals surface area (Å²) in [6.45, 7) is 3.21. The van der Waals surface area contributed by atoms with Gasteiger partial charge in [0.15, 0.2) is 5.17 Å². The summed E-state index contributed by atoms with van der Waals surface area (Å²) in [7, 11) is 1.64. The number of benzene rings is 2. The van der Waals surface area contributed by atoms with Gasteiger partial charge in [-0.15, -0.1) is 0 Å². The van der Waals surface area contributed by atoms with Gasteiger partial charge in [0.2, 0.25) is 0 Å². The van der Waals surface area contributed by atoms with Crippen LogP contribution < -0.4 is 4.90 Å². The Hall–Kier alpha value is -2.57. The average molecular weight is 408 g/mol. The van der Waals surface area contributed by atoms with Crippen LogP contribution in [0.15, 0.2) is 64.5 Å². The number of aliphatic imine (C=N–C) groups is 1. The van der Waals surface area contributed by atoms with Crippen molar-refractivity contribution < 1.29 is 9.53 Å². The lowest BCUT2D eigenvalue weighted by atomic mass is 10.2. The number of thioether (sulfide) groups is 1. The standard InChI is InChI=1S/C23H25N3O2S/c1-28-16-15-26-22(27)21(29-23(26)24-19-7-3-2-4-8-19)17-18-9-11-20(12-10-18)25-13-5-6-14-25/h2-4,7-12,17H,5-6,13-16H2,1H3. The van der Waals surface area contributed by atoms with Crippen molar-refractivity contribution >= 4 is 40.3 Å². The lowest BCUT2D eigenvalue weighted by Gasteiger charge is -2.17. The highest BCUT2D eigenvalue weighted by Crippen LogP contribution is 2.34. The van der Waals surface area contributed by atoms with E-state index >= 15 is 0 Å². The first-order valence-electron chi connectivity index (χ1n) is 9.94. The number of carbonyl (C=O) groups is 1. The third-order valence-electron chi connectivity index (χ3n) is 5.05. The quantitative estimate of drug-likeness (QED) is 0.660. The van der Waals surface area contributed by atoms with E-state index in [1.165, 1.54) is 30.3 Å². The summed E-state index contributed by atoms with van der Waals surface area (Å²) >= 11 is 1.42. The van der Waals surface area contributed by atoms with Gasteiger partial charge in [0.25, 0.3) is 5.91 Å². The molecular weight excluding hydrogens is 382 g/mol. The molecule has 150 valence electrons. The maximum absolute atomic E-state index is 13.0. The molecule has 0 aliphatic carbocycles. The van der Waals surface area contributed by atoms with Crippen LogP contribution in [0.4, 0.5) is 11.4 Å². The van der Waals surface area contributed by atoms with Crippen molar-refractivity contribution in [3.05, 3.63) is 65.1 Å². The van der Waals surface area contributed by atoms with Crippen molar-refractivity contribution in [2.75, 3.05) is 38.3 Å². The lowest BCUT2D eigenvalue weighted by Crippen LogP contribution is -2.32. The van der Waals surface area contributed by atoms with Gasteiger partial charge in [-0.3, -0.25) is 9.69 Å². The number of amides is 1. The number of anilines is 1. The second-order valence-corrected chi connectivity index (χ2v) is 8.08. The molecule has 0 N–H and O–H groups in total. The first-order chi connectivity index (χ1) is 14.2.